The van der Waals surface area contributed by atoms with Crippen molar-refractivity contribution in [2.45, 2.75) is 17.9 Å². The average molecular weight is 312 g/mol. The van der Waals surface area contributed by atoms with E-state index >= 15 is 0 Å². The highest BCUT2D eigenvalue weighted by Gasteiger charge is 2.17. The number of aryl methyl sites for hydroxylation is 2. The number of aromatic nitrogens is 4. The van der Waals surface area contributed by atoms with Crippen molar-refractivity contribution >= 4 is 10.0 Å². The van der Waals surface area contributed by atoms with Crippen LogP contribution in [0.2, 0.25) is 0 Å². The molecule has 2 rings (SSSR count). The zero-order valence-corrected chi connectivity index (χ0v) is 13.2. The highest BCUT2D eigenvalue weighted by atomic mass is 32.2. The number of hydrogen-bond donors (Lipinski definition) is 2. The second-order valence-corrected chi connectivity index (χ2v) is 6.58. The van der Waals surface area contributed by atoms with Crippen LogP contribution in [0.1, 0.15) is 11.5 Å². The molecule has 0 saturated carbocycles. The summed E-state index contributed by atoms with van der Waals surface area (Å²) in [5, 5.41) is 10.7. The van der Waals surface area contributed by atoms with Crippen molar-refractivity contribution < 1.29 is 8.42 Å². The van der Waals surface area contributed by atoms with Gasteiger partial charge < -0.3 is 14.5 Å². The lowest BCUT2D eigenvalue weighted by Gasteiger charge is -2.04. The van der Waals surface area contributed by atoms with Gasteiger partial charge in [-0.3, -0.25) is 0 Å². The third kappa shape index (κ3) is 3.69. The Morgan fingerprint density at radius 2 is 2.05 bits per heavy atom. The summed E-state index contributed by atoms with van der Waals surface area (Å²) in [7, 11) is 1.97. The van der Waals surface area contributed by atoms with E-state index in [4.69, 9.17) is 0 Å². The minimum atomic E-state index is -3.50. The summed E-state index contributed by atoms with van der Waals surface area (Å²) in [5.74, 6) is 0.738. The Morgan fingerprint density at radius 1 is 1.29 bits per heavy atom. The highest BCUT2D eigenvalue weighted by Crippen LogP contribution is 2.13. The molecule has 0 aromatic carbocycles. The molecule has 21 heavy (non-hydrogen) atoms. The molecule has 2 heterocycles. The van der Waals surface area contributed by atoms with Crippen LogP contribution in [0.5, 0.6) is 0 Å². The Labute approximate surface area is 124 Å². The van der Waals surface area contributed by atoms with E-state index in [9.17, 15) is 8.42 Å². The van der Waals surface area contributed by atoms with Gasteiger partial charge in [0.15, 0.2) is 0 Å². The van der Waals surface area contributed by atoms with E-state index in [0.29, 0.717) is 13.0 Å². The first-order chi connectivity index (χ1) is 9.94. The third-order valence-electron chi connectivity index (χ3n) is 3.20. The first kappa shape index (κ1) is 15.7. The van der Waals surface area contributed by atoms with Gasteiger partial charge in [0.05, 0.1) is 4.90 Å². The van der Waals surface area contributed by atoms with Crippen LogP contribution in [0.4, 0.5) is 0 Å². The molecule has 0 aliphatic heterocycles. The van der Waals surface area contributed by atoms with Crippen LogP contribution in [0.15, 0.2) is 23.5 Å². The normalized spacial score (nSPS) is 12.0. The van der Waals surface area contributed by atoms with E-state index in [-0.39, 0.29) is 11.4 Å². The molecule has 0 aliphatic carbocycles. The maximum Gasteiger partial charge on any atom is 0.242 e. The summed E-state index contributed by atoms with van der Waals surface area (Å²) in [5.41, 5.74) is 0.908. The van der Waals surface area contributed by atoms with Crippen LogP contribution in [0, 0.1) is 0 Å². The monoisotopic (exact) mass is 312 g/mol. The van der Waals surface area contributed by atoms with E-state index in [2.05, 4.69) is 20.2 Å². The molecule has 0 bridgehead atoms. The molecule has 0 spiro atoms. The van der Waals surface area contributed by atoms with Gasteiger partial charge in [0, 0.05) is 45.5 Å². The van der Waals surface area contributed by atoms with Gasteiger partial charge in [-0.05, 0) is 13.1 Å². The number of rotatable bonds is 7. The largest absolute Gasteiger partial charge is 0.352 e. The Morgan fingerprint density at radius 3 is 2.67 bits per heavy atom. The lowest BCUT2D eigenvalue weighted by molar-refractivity contribution is 0.580. The van der Waals surface area contributed by atoms with Crippen LogP contribution >= 0.6 is 0 Å². The van der Waals surface area contributed by atoms with Crippen molar-refractivity contribution in [3.63, 3.8) is 0 Å². The van der Waals surface area contributed by atoms with E-state index < -0.39 is 10.0 Å². The first-order valence-corrected chi connectivity index (χ1v) is 8.04. The standard InChI is InChI=1S/C12H20N6O2S/c1-13-7-10-6-11(8-17(10)2)21(19,20)15-5-4-12-16-14-9-18(12)3/h6,8-9,13,15H,4-5,7H2,1-3H3. The van der Waals surface area contributed by atoms with Crippen LogP contribution in [0.25, 0.3) is 0 Å². The lowest BCUT2D eigenvalue weighted by Crippen LogP contribution is -2.26. The Balaban J connectivity index is 2.01. The van der Waals surface area contributed by atoms with Crippen LogP contribution in [-0.2, 0) is 37.1 Å². The summed E-state index contributed by atoms with van der Waals surface area (Å²) in [6, 6.07) is 1.67. The van der Waals surface area contributed by atoms with Crippen LogP contribution < -0.4 is 10.0 Å². The van der Waals surface area contributed by atoms with Gasteiger partial charge in [0.2, 0.25) is 10.0 Å². The Hall–Kier alpha value is -1.71. The van der Waals surface area contributed by atoms with Crippen molar-refractivity contribution in [1.29, 1.82) is 0 Å². The number of nitrogens with zero attached hydrogens (tertiary/aromatic N) is 4. The van der Waals surface area contributed by atoms with Crippen molar-refractivity contribution in [1.82, 2.24) is 29.4 Å². The minimum Gasteiger partial charge on any atom is -0.352 e. The van der Waals surface area contributed by atoms with Crippen molar-refractivity contribution in [2.24, 2.45) is 14.1 Å². The van der Waals surface area contributed by atoms with Gasteiger partial charge in [0.1, 0.15) is 12.2 Å². The molecule has 0 atom stereocenters. The van der Waals surface area contributed by atoms with Gasteiger partial charge in [-0.2, -0.15) is 0 Å². The minimum absolute atomic E-state index is 0.271. The molecule has 8 nitrogen and oxygen atoms in total. The Kier molecular flexibility index (Phi) is 4.76. The zero-order valence-electron chi connectivity index (χ0n) is 12.4. The molecule has 2 aromatic heterocycles. The van der Waals surface area contributed by atoms with Crippen molar-refractivity contribution in [3.05, 3.63) is 30.1 Å². The molecule has 2 aromatic rings. The summed E-state index contributed by atoms with van der Waals surface area (Å²) in [4.78, 5) is 0.271. The molecular formula is C12H20N6O2S. The molecule has 0 radical (unpaired) electrons. The van der Waals surface area contributed by atoms with E-state index in [1.54, 1.807) is 27.7 Å². The molecular weight excluding hydrogens is 292 g/mol. The fraction of sp³-hybridized carbons (Fsp3) is 0.500. The smallest absolute Gasteiger partial charge is 0.242 e. The van der Waals surface area contributed by atoms with Gasteiger partial charge in [0.25, 0.3) is 0 Å². The topological polar surface area (TPSA) is 93.8 Å². The van der Waals surface area contributed by atoms with Gasteiger partial charge in [-0.15, -0.1) is 10.2 Å². The van der Waals surface area contributed by atoms with Crippen molar-refractivity contribution in [2.75, 3.05) is 13.6 Å². The molecule has 0 amide bonds. The fourth-order valence-corrected chi connectivity index (χ4v) is 3.12. The van der Waals surface area contributed by atoms with Gasteiger partial charge in [-0.25, -0.2) is 13.1 Å². The fourth-order valence-electron chi connectivity index (χ4n) is 1.99. The molecule has 0 saturated heterocycles. The predicted octanol–water partition coefficient (Wildman–Crippen LogP) is -0.606. The molecule has 9 heteroatoms. The number of nitrogens with one attached hydrogen (secondary N) is 2. The van der Waals surface area contributed by atoms with Crippen molar-refractivity contribution in [3.8, 4) is 0 Å². The second kappa shape index (κ2) is 6.37. The van der Waals surface area contributed by atoms with Gasteiger partial charge in [-0.1, -0.05) is 0 Å². The van der Waals surface area contributed by atoms with Crippen LogP contribution in [-0.4, -0.2) is 41.3 Å². The summed E-state index contributed by atoms with van der Waals surface area (Å²) >= 11 is 0. The summed E-state index contributed by atoms with van der Waals surface area (Å²) < 4.78 is 30.6. The molecule has 2 N–H and O–H groups in total. The molecule has 0 unspecified atom stereocenters. The first-order valence-electron chi connectivity index (χ1n) is 6.56. The van der Waals surface area contributed by atoms with E-state index in [0.717, 1.165) is 11.5 Å². The number of sulfonamides is 1. The lowest BCUT2D eigenvalue weighted by atomic mass is 10.4. The number of hydrogen-bond acceptors (Lipinski definition) is 5. The molecule has 0 fully saturated rings. The van der Waals surface area contributed by atoms with E-state index in [1.165, 1.54) is 0 Å². The average Bonchev–Trinajstić information content (AvgIpc) is 2.98. The zero-order chi connectivity index (χ0) is 15.5. The van der Waals surface area contributed by atoms with E-state index in [1.807, 2.05) is 21.1 Å². The molecule has 116 valence electrons. The van der Waals surface area contributed by atoms with Crippen LogP contribution in [0.3, 0.4) is 0 Å². The summed E-state index contributed by atoms with van der Waals surface area (Å²) in [6.07, 6.45) is 3.69. The maximum atomic E-state index is 12.2. The third-order valence-corrected chi connectivity index (χ3v) is 4.62. The quantitative estimate of drug-likeness (QED) is 0.711. The highest BCUT2D eigenvalue weighted by molar-refractivity contribution is 7.89. The SMILES string of the molecule is CNCc1cc(S(=O)(=O)NCCc2nncn2C)cn1C. The summed E-state index contributed by atoms with van der Waals surface area (Å²) in [6.45, 7) is 0.899. The second-order valence-electron chi connectivity index (χ2n) is 4.81. The maximum absolute atomic E-state index is 12.2. The predicted molar refractivity (Wildman–Crippen MR) is 78.1 cm³/mol. The van der Waals surface area contributed by atoms with Gasteiger partial charge >= 0.3 is 0 Å². The Bertz CT molecular complexity index is 703. The molecule has 0 aliphatic rings.